The van der Waals surface area contributed by atoms with Gasteiger partial charge in [0.2, 0.25) is 0 Å². The van der Waals surface area contributed by atoms with Crippen LogP contribution in [-0.2, 0) is 15.8 Å². The molecule has 2 unspecified atom stereocenters. The van der Waals surface area contributed by atoms with Crippen LogP contribution in [0.4, 0.5) is 0 Å². The fourth-order valence-corrected chi connectivity index (χ4v) is 2.99. The molecule has 1 aliphatic rings. The molecule has 86 valence electrons. The molecule has 0 spiro atoms. The number of nitrogens with zero attached hydrogens (tertiary/aromatic N) is 1. The maximum atomic E-state index is 12.2. The smallest absolute Gasteiger partial charge is 0.139 e. The van der Waals surface area contributed by atoms with Crippen LogP contribution < -0.4 is 5.32 Å². The van der Waals surface area contributed by atoms with Gasteiger partial charge in [-0.2, -0.15) is 0 Å². The number of benzene rings is 1. The summed E-state index contributed by atoms with van der Waals surface area (Å²) in [5.74, 6) is 0. The Morgan fingerprint density at radius 2 is 2.12 bits per heavy atom. The van der Waals surface area contributed by atoms with Crippen molar-refractivity contribution in [3.8, 4) is 0 Å². The lowest BCUT2D eigenvalue weighted by Crippen LogP contribution is -2.52. The van der Waals surface area contributed by atoms with Crippen LogP contribution in [-0.4, -0.2) is 40.5 Å². The van der Waals surface area contributed by atoms with Crippen LogP contribution in [0.25, 0.3) is 0 Å². The van der Waals surface area contributed by atoms with E-state index in [2.05, 4.69) is 5.32 Å². The maximum Gasteiger partial charge on any atom is 0.139 e. The van der Waals surface area contributed by atoms with Crippen LogP contribution in [0, 0.1) is 0 Å². The Labute approximate surface area is 97.2 Å². The molecule has 4 nitrogen and oxygen atoms in total. The highest BCUT2D eigenvalue weighted by Gasteiger charge is 2.26. The molecule has 1 aromatic rings. The highest BCUT2D eigenvalue weighted by molar-refractivity contribution is 7.82. The fourth-order valence-electron chi connectivity index (χ4n) is 1.70. The zero-order chi connectivity index (χ0) is 11.4. The number of hydrogen-bond donors (Lipinski definition) is 1. The normalized spacial score (nSPS) is 23.9. The van der Waals surface area contributed by atoms with E-state index in [9.17, 15) is 9.00 Å². The molecule has 2 rings (SSSR count). The highest BCUT2D eigenvalue weighted by Crippen LogP contribution is 2.13. The Balaban J connectivity index is 2.17. The van der Waals surface area contributed by atoms with Crippen molar-refractivity contribution < 1.29 is 9.00 Å². The largest absolute Gasteiger partial charge is 0.313 e. The molecule has 0 amide bonds. The average molecular weight is 238 g/mol. The Morgan fingerprint density at radius 1 is 1.38 bits per heavy atom. The van der Waals surface area contributed by atoms with Crippen molar-refractivity contribution >= 4 is 17.3 Å². The monoisotopic (exact) mass is 238 g/mol. The molecule has 16 heavy (non-hydrogen) atoms. The van der Waals surface area contributed by atoms with E-state index in [0.29, 0.717) is 13.1 Å². The first-order valence-electron chi connectivity index (χ1n) is 5.22. The van der Waals surface area contributed by atoms with Gasteiger partial charge in [-0.15, -0.1) is 0 Å². The second-order valence-corrected chi connectivity index (χ2v) is 5.05. The second-order valence-electron chi connectivity index (χ2n) is 3.61. The molecule has 5 heteroatoms. The molecule has 0 bridgehead atoms. The van der Waals surface area contributed by atoms with Gasteiger partial charge in [0.15, 0.2) is 0 Å². The lowest BCUT2D eigenvalue weighted by molar-refractivity contribution is -0.111. The molecule has 2 atom stereocenters. The Bertz CT molecular complexity index is 383. The van der Waals surface area contributed by atoms with E-state index >= 15 is 0 Å². The summed E-state index contributed by atoms with van der Waals surface area (Å²) in [5, 5.41) is 3.11. The topological polar surface area (TPSA) is 49.4 Å². The van der Waals surface area contributed by atoms with E-state index in [0.717, 1.165) is 17.7 Å². The van der Waals surface area contributed by atoms with E-state index in [-0.39, 0.29) is 6.04 Å². The second kappa shape index (κ2) is 5.34. The van der Waals surface area contributed by atoms with Gasteiger partial charge in [-0.3, -0.25) is 0 Å². The van der Waals surface area contributed by atoms with E-state index < -0.39 is 11.0 Å². The summed E-state index contributed by atoms with van der Waals surface area (Å²) in [6.45, 7) is 1.97. The Hall–Kier alpha value is -1.04. The van der Waals surface area contributed by atoms with Gasteiger partial charge in [-0.05, 0) is 12.1 Å². The van der Waals surface area contributed by atoms with E-state index in [4.69, 9.17) is 0 Å². The van der Waals surface area contributed by atoms with Crippen LogP contribution in [0.1, 0.15) is 0 Å². The molecular weight excluding hydrogens is 224 g/mol. The van der Waals surface area contributed by atoms with Crippen molar-refractivity contribution in [2.45, 2.75) is 10.9 Å². The van der Waals surface area contributed by atoms with E-state index in [1.165, 1.54) is 0 Å². The SMILES string of the molecule is O=CC1CNCCN1S(=O)c1ccccc1. The zero-order valence-electron chi connectivity index (χ0n) is 8.83. The average Bonchev–Trinajstić information content (AvgIpc) is 2.39. The minimum atomic E-state index is -1.24. The molecule has 1 aromatic carbocycles. The number of aldehydes is 1. The quantitative estimate of drug-likeness (QED) is 0.764. The highest BCUT2D eigenvalue weighted by atomic mass is 32.2. The molecule has 1 saturated heterocycles. The molecule has 0 saturated carbocycles. The maximum absolute atomic E-state index is 12.2. The third-order valence-electron chi connectivity index (χ3n) is 2.55. The van der Waals surface area contributed by atoms with Gasteiger partial charge in [0, 0.05) is 19.6 Å². The number of carbonyl (C=O) groups excluding carboxylic acids is 1. The summed E-state index contributed by atoms with van der Waals surface area (Å²) < 4.78 is 14.0. The number of nitrogens with one attached hydrogen (secondary N) is 1. The third kappa shape index (κ3) is 2.37. The Morgan fingerprint density at radius 3 is 2.81 bits per heavy atom. The van der Waals surface area contributed by atoms with Crippen LogP contribution in [0.15, 0.2) is 35.2 Å². The van der Waals surface area contributed by atoms with Gasteiger partial charge in [-0.25, -0.2) is 8.51 Å². The third-order valence-corrected chi connectivity index (χ3v) is 4.10. The van der Waals surface area contributed by atoms with Crippen LogP contribution in [0.3, 0.4) is 0 Å². The first-order valence-corrected chi connectivity index (χ1v) is 6.33. The van der Waals surface area contributed by atoms with Crippen LogP contribution >= 0.6 is 0 Å². The number of rotatable bonds is 3. The zero-order valence-corrected chi connectivity index (χ0v) is 9.65. The van der Waals surface area contributed by atoms with Gasteiger partial charge in [0.05, 0.1) is 10.9 Å². The van der Waals surface area contributed by atoms with Gasteiger partial charge >= 0.3 is 0 Å². The number of piperazine rings is 1. The minimum absolute atomic E-state index is 0.296. The summed E-state index contributed by atoms with van der Waals surface area (Å²) in [4.78, 5) is 11.6. The first kappa shape index (κ1) is 11.4. The first-order chi connectivity index (χ1) is 7.83. The molecule has 0 aromatic heterocycles. The minimum Gasteiger partial charge on any atom is -0.313 e. The molecular formula is C11H14N2O2S. The standard InChI is InChI=1S/C11H14N2O2S/c14-9-10-8-12-6-7-13(10)16(15)11-4-2-1-3-5-11/h1-5,9-10,12H,6-8H2. The van der Waals surface area contributed by atoms with Crippen LogP contribution in [0.2, 0.25) is 0 Å². The Kier molecular flexibility index (Phi) is 3.82. The summed E-state index contributed by atoms with van der Waals surface area (Å²) in [5.41, 5.74) is 0. The lowest BCUT2D eigenvalue weighted by atomic mass is 10.3. The van der Waals surface area contributed by atoms with E-state index in [1.54, 1.807) is 4.31 Å². The summed E-state index contributed by atoms with van der Waals surface area (Å²) in [6.07, 6.45) is 0.854. The summed E-state index contributed by atoms with van der Waals surface area (Å²) in [6, 6.07) is 8.93. The number of carbonyl (C=O) groups is 1. The van der Waals surface area contributed by atoms with Gasteiger partial charge in [-0.1, -0.05) is 18.2 Å². The van der Waals surface area contributed by atoms with Crippen molar-refractivity contribution in [2.24, 2.45) is 0 Å². The van der Waals surface area contributed by atoms with Crippen LogP contribution in [0.5, 0.6) is 0 Å². The molecule has 0 aliphatic carbocycles. The van der Waals surface area contributed by atoms with Gasteiger partial charge in [0.25, 0.3) is 0 Å². The van der Waals surface area contributed by atoms with Gasteiger partial charge < -0.3 is 10.1 Å². The number of hydrogen-bond acceptors (Lipinski definition) is 3. The predicted molar refractivity (Wildman–Crippen MR) is 62.3 cm³/mol. The van der Waals surface area contributed by atoms with E-state index in [1.807, 2.05) is 30.3 Å². The predicted octanol–water partition coefficient (Wildman–Crippen LogP) is 0.182. The molecule has 1 fully saturated rings. The molecule has 1 heterocycles. The van der Waals surface area contributed by atoms with Crippen molar-refractivity contribution in [3.05, 3.63) is 30.3 Å². The van der Waals surface area contributed by atoms with Gasteiger partial charge in [0.1, 0.15) is 17.3 Å². The fraction of sp³-hybridized carbons (Fsp3) is 0.364. The summed E-state index contributed by atoms with van der Waals surface area (Å²) >= 11 is 0. The van der Waals surface area contributed by atoms with Crippen molar-refractivity contribution in [1.29, 1.82) is 0 Å². The lowest BCUT2D eigenvalue weighted by Gasteiger charge is -2.31. The molecule has 0 radical (unpaired) electrons. The molecule has 1 aliphatic heterocycles. The van der Waals surface area contributed by atoms with Crippen molar-refractivity contribution in [2.75, 3.05) is 19.6 Å². The van der Waals surface area contributed by atoms with Crippen molar-refractivity contribution in [1.82, 2.24) is 9.62 Å². The molecule has 1 N–H and O–H groups in total. The summed E-state index contributed by atoms with van der Waals surface area (Å²) in [7, 11) is -1.24. The van der Waals surface area contributed by atoms with Crippen molar-refractivity contribution in [3.63, 3.8) is 0 Å².